The summed E-state index contributed by atoms with van der Waals surface area (Å²) in [6.07, 6.45) is 5.42. The first-order chi connectivity index (χ1) is 9.96. The molecule has 0 atom stereocenters. The molecule has 1 amide bonds. The predicted molar refractivity (Wildman–Crippen MR) is 72.3 cm³/mol. The van der Waals surface area contributed by atoms with Crippen molar-refractivity contribution in [1.29, 1.82) is 0 Å². The zero-order valence-electron chi connectivity index (χ0n) is 11.8. The highest BCUT2D eigenvalue weighted by atomic mass is 19.3. The van der Waals surface area contributed by atoms with Crippen LogP contribution in [0.3, 0.4) is 0 Å². The fraction of sp³-hybridized carbons (Fsp3) is 0.733. The molecule has 21 heavy (non-hydrogen) atoms. The Morgan fingerprint density at radius 1 is 1.24 bits per heavy atom. The molecule has 114 valence electrons. The van der Waals surface area contributed by atoms with Crippen LogP contribution in [0, 0.1) is 5.41 Å². The third kappa shape index (κ3) is 2.15. The minimum Gasteiger partial charge on any atom is -0.348 e. The molecule has 3 aliphatic carbocycles. The summed E-state index contributed by atoms with van der Waals surface area (Å²) in [5.74, 6) is -2.63. The van der Waals surface area contributed by atoms with Crippen LogP contribution in [0.25, 0.3) is 0 Å². The molecular formula is C15H19F2N3O. The summed E-state index contributed by atoms with van der Waals surface area (Å²) in [4.78, 5) is 12.3. The van der Waals surface area contributed by atoms with E-state index in [1.165, 1.54) is 0 Å². The quantitative estimate of drug-likeness (QED) is 0.881. The van der Waals surface area contributed by atoms with E-state index in [1.807, 2.05) is 0 Å². The van der Waals surface area contributed by atoms with Crippen molar-refractivity contribution in [2.75, 3.05) is 0 Å². The van der Waals surface area contributed by atoms with Gasteiger partial charge in [0.1, 0.15) is 0 Å². The lowest BCUT2D eigenvalue weighted by atomic mass is 9.52. The molecule has 4 nitrogen and oxygen atoms in total. The number of aromatic amines is 1. The van der Waals surface area contributed by atoms with Gasteiger partial charge in [-0.25, -0.2) is 8.78 Å². The van der Waals surface area contributed by atoms with Gasteiger partial charge in [-0.15, -0.1) is 0 Å². The van der Waals surface area contributed by atoms with Crippen molar-refractivity contribution in [3.63, 3.8) is 0 Å². The highest BCUT2D eigenvalue weighted by Crippen LogP contribution is 2.62. The lowest BCUT2D eigenvalue weighted by Gasteiger charge is -2.57. The first kappa shape index (κ1) is 13.2. The number of carbonyl (C=O) groups is 1. The van der Waals surface area contributed by atoms with Gasteiger partial charge in [-0.1, -0.05) is 0 Å². The first-order valence-corrected chi connectivity index (χ1v) is 7.71. The second-order valence-electron chi connectivity index (χ2n) is 7.02. The van der Waals surface area contributed by atoms with Crippen LogP contribution in [0.4, 0.5) is 8.78 Å². The van der Waals surface area contributed by atoms with E-state index in [-0.39, 0.29) is 30.2 Å². The van der Waals surface area contributed by atoms with E-state index >= 15 is 0 Å². The van der Waals surface area contributed by atoms with Gasteiger partial charge in [0, 0.05) is 30.1 Å². The van der Waals surface area contributed by atoms with E-state index in [0.717, 1.165) is 36.9 Å². The Balaban J connectivity index is 1.36. The Kier molecular flexibility index (Phi) is 2.69. The fourth-order valence-electron chi connectivity index (χ4n) is 4.34. The highest BCUT2D eigenvalue weighted by Gasteiger charge is 2.62. The Bertz CT molecular complexity index is 580. The number of nitrogens with one attached hydrogen (secondary N) is 2. The third-order valence-corrected chi connectivity index (χ3v) is 5.23. The monoisotopic (exact) mass is 295 g/mol. The molecule has 2 N–H and O–H groups in total. The van der Waals surface area contributed by atoms with E-state index < -0.39 is 5.92 Å². The molecule has 0 aromatic carbocycles. The van der Waals surface area contributed by atoms with E-state index in [1.54, 1.807) is 0 Å². The number of fused-ring (bicyclic) bond motifs is 1. The van der Waals surface area contributed by atoms with Crippen LogP contribution < -0.4 is 5.32 Å². The van der Waals surface area contributed by atoms with Crippen LogP contribution in [0.1, 0.15) is 60.3 Å². The van der Waals surface area contributed by atoms with Crippen molar-refractivity contribution in [3.05, 3.63) is 17.0 Å². The Morgan fingerprint density at radius 2 is 1.95 bits per heavy atom. The zero-order valence-corrected chi connectivity index (χ0v) is 11.8. The van der Waals surface area contributed by atoms with Crippen molar-refractivity contribution in [1.82, 2.24) is 15.5 Å². The second kappa shape index (κ2) is 4.27. The molecule has 2 fully saturated rings. The first-order valence-electron chi connectivity index (χ1n) is 7.71. The minimum atomic E-state index is -2.48. The maximum absolute atomic E-state index is 13.0. The number of nitrogens with zero attached hydrogens (tertiary/aromatic N) is 1. The van der Waals surface area contributed by atoms with E-state index in [2.05, 4.69) is 15.5 Å². The summed E-state index contributed by atoms with van der Waals surface area (Å²) in [5.41, 5.74) is 2.43. The van der Waals surface area contributed by atoms with Crippen molar-refractivity contribution in [3.8, 4) is 0 Å². The average Bonchev–Trinajstić information content (AvgIpc) is 2.78. The number of amides is 1. The molecule has 1 spiro atoms. The van der Waals surface area contributed by atoms with E-state index in [0.29, 0.717) is 18.5 Å². The maximum Gasteiger partial charge on any atom is 0.272 e. The molecule has 4 rings (SSSR count). The molecule has 1 aromatic rings. The number of rotatable bonds is 2. The highest BCUT2D eigenvalue weighted by molar-refractivity contribution is 5.94. The predicted octanol–water partition coefficient (Wildman–Crippen LogP) is 2.60. The van der Waals surface area contributed by atoms with Gasteiger partial charge in [-0.3, -0.25) is 9.89 Å². The fourth-order valence-corrected chi connectivity index (χ4v) is 4.34. The van der Waals surface area contributed by atoms with Crippen molar-refractivity contribution in [2.45, 2.75) is 63.3 Å². The second-order valence-corrected chi connectivity index (χ2v) is 7.02. The van der Waals surface area contributed by atoms with E-state index in [9.17, 15) is 13.6 Å². The number of hydrogen-bond acceptors (Lipinski definition) is 2. The lowest BCUT2D eigenvalue weighted by Crippen LogP contribution is -2.59. The molecule has 6 heteroatoms. The number of aryl methyl sites for hydroxylation is 1. The summed E-state index contributed by atoms with van der Waals surface area (Å²) >= 11 is 0. The number of halogens is 2. The van der Waals surface area contributed by atoms with E-state index in [4.69, 9.17) is 0 Å². The number of alkyl halides is 2. The van der Waals surface area contributed by atoms with Crippen LogP contribution >= 0.6 is 0 Å². The van der Waals surface area contributed by atoms with Gasteiger partial charge >= 0.3 is 0 Å². The summed E-state index contributed by atoms with van der Waals surface area (Å²) in [6.45, 7) is 0. The molecule has 0 unspecified atom stereocenters. The van der Waals surface area contributed by atoms with Gasteiger partial charge in [0.05, 0.1) is 0 Å². The SMILES string of the molecule is O=C(NC1CC2(C1)CC(F)(F)C2)c1n[nH]c2c1CCCC2. The normalized spacial score (nSPS) is 25.8. The number of H-pyrrole nitrogens is 1. The van der Waals surface area contributed by atoms with Gasteiger partial charge in [0.15, 0.2) is 5.69 Å². The maximum atomic E-state index is 13.0. The lowest BCUT2D eigenvalue weighted by molar-refractivity contribution is -0.197. The molecular weight excluding hydrogens is 276 g/mol. The van der Waals surface area contributed by atoms with Crippen molar-refractivity contribution in [2.24, 2.45) is 5.41 Å². The molecule has 1 aromatic heterocycles. The van der Waals surface area contributed by atoms with Gasteiger partial charge in [0.2, 0.25) is 5.92 Å². The topological polar surface area (TPSA) is 57.8 Å². The Labute approximate surface area is 121 Å². The zero-order chi connectivity index (χ0) is 14.7. The summed E-state index contributed by atoms with van der Waals surface area (Å²) < 4.78 is 25.9. The summed E-state index contributed by atoms with van der Waals surface area (Å²) in [5, 5.41) is 10.1. The van der Waals surface area contributed by atoms with Gasteiger partial charge in [-0.05, 0) is 43.9 Å². The molecule has 0 bridgehead atoms. The Hall–Kier alpha value is -1.46. The molecule has 0 saturated heterocycles. The van der Waals surface area contributed by atoms with Crippen LogP contribution in [0.2, 0.25) is 0 Å². The molecule has 1 heterocycles. The largest absolute Gasteiger partial charge is 0.348 e. The summed E-state index contributed by atoms with van der Waals surface area (Å²) in [6, 6.07) is 0.0320. The Morgan fingerprint density at radius 3 is 2.67 bits per heavy atom. The molecule has 2 saturated carbocycles. The molecule has 0 aliphatic heterocycles. The van der Waals surface area contributed by atoms with Crippen LogP contribution in [-0.2, 0) is 12.8 Å². The minimum absolute atomic E-state index is 0.00975. The third-order valence-electron chi connectivity index (χ3n) is 5.23. The van der Waals surface area contributed by atoms with Gasteiger partial charge in [0.25, 0.3) is 5.91 Å². The van der Waals surface area contributed by atoms with Crippen LogP contribution in [-0.4, -0.2) is 28.1 Å². The number of hydrogen-bond donors (Lipinski definition) is 2. The smallest absolute Gasteiger partial charge is 0.272 e. The number of carbonyl (C=O) groups excluding carboxylic acids is 1. The van der Waals surface area contributed by atoms with Crippen molar-refractivity contribution < 1.29 is 13.6 Å². The summed E-state index contributed by atoms with van der Waals surface area (Å²) in [7, 11) is 0. The van der Waals surface area contributed by atoms with Crippen LogP contribution in [0.5, 0.6) is 0 Å². The average molecular weight is 295 g/mol. The standard InChI is InChI=1S/C15H19F2N3O/c16-15(17)7-14(8-15)5-9(6-14)18-13(21)12-10-3-1-2-4-11(10)19-20-12/h9H,1-8H2,(H,18,21)(H,19,20). The van der Waals surface area contributed by atoms with Crippen LogP contribution in [0.15, 0.2) is 0 Å². The van der Waals surface area contributed by atoms with Gasteiger partial charge in [-0.2, -0.15) is 5.10 Å². The molecule has 0 radical (unpaired) electrons. The van der Waals surface area contributed by atoms with Crippen molar-refractivity contribution >= 4 is 5.91 Å². The molecule has 3 aliphatic rings. The number of aromatic nitrogens is 2. The van der Waals surface area contributed by atoms with Gasteiger partial charge < -0.3 is 5.32 Å².